The first-order chi connectivity index (χ1) is 12.3. The first-order valence-electron chi connectivity index (χ1n) is 7.57. The highest BCUT2D eigenvalue weighted by atomic mass is 35.5. The number of anilines is 1. The van der Waals surface area contributed by atoms with Crippen LogP contribution >= 0.6 is 23.2 Å². The fourth-order valence-electron chi connectivity index (χ4n) is 2.21. The zero-order valence-corrected chi connectivity index (χ0v) is 16.4. The largest absolute Gasteiger partial charge is 0.495 e. The van der Waals surface area contributed by atoms with Gasteiger partial charge >= 0.3 is 5.97 Å². The van der Waals surface area contributed by atoms with Crippen LogP contribution in [-0.2, 0) is 19.6 Å². The molecule has 0 aromatic heterocycles. The Morgan fingerprint density at radius 3 is 2.38 bits per heavy atom. The number of rotatable bonds is 7. The summed E-state index contributed by atoms with van der Waals surface area (Å²) >= 11 is 12.2. The lowest BCUT2D eigenvalue weighted by Crippen LogP contribution is -2.36. The number of sulfonamides is 1. The Bertz CT molecular complexity index is 902. The monoisotopic (exact) mass is 417 g/mol. The van der Waals surface area contributed by atoms with Gasteiger partial charge in [-0.2, -0.15) is 0 Å². The molecule has 0 bridgehead atoms. The SMILES string of the molecule is CCOC(=O)CN(c1ccccc1Cl)S(=O)(=O)c1ccc(OC)c(Cl)c1. The van der Waals surface area contributed by atoms with Crippen molar-refractivity contribution >= 4 is 44.9 Å². The summed E-state index contributed by atoms with van der Waals surface area (Å²) < 4.78 is 37.1. The number of carbonyl (C=O) groups excluding carboxylic acids is 1. The van der Waals surface area contributed by atoms with Gasteiger partial charge in [-0.15, -0.1) is 0 Å². The average molecular weight is 418 g/mol. The molecule has 0 saturated heterocycles. The summed E-state index contributed by atoms with van der Waals surface area (Å²) in [6.07, 6.45) is 0. The highest BCUT2D eigenvalue weighted by Crippen LogP contribution is 2.33. The summed E-state index contributed by atoms with van der Waals surface area (Å²) in [5.41, 5.74) is 0.161. The Morgan fingerprint density at radius 1 is 1.12 bits per heavy atom. The second-order valence-corrected chi connectivity index (χ2v) is 7.74. The number of para-hydroxylation sites is 1. The molecular formula is C17H17Cl2NO5S. The van der Waals surface area contributed by atoms with Crippen molar-refractivity contribution in [1.29, 1.82) is 0 Å². The lowest BCUT2D eigenvalue weighted by atomic mass is 10.3. The maximum atomic E-state index is 13.1. The summed E-state index contributed by atoms with van der Waals surface area (Å²) in [5.74, 6) is -0.365. The number of methoxy groups -OCH3 is 1. The number of ether oxygens (including phenoxy) is 2. The van der Waals surface area contributed by atoms with Crippen molar-refractivity contribution in [2.75, 3.05) is 24.6 Å². The second-order valence-electron chi connectivity index (χ2n) is 5.06. The van der Waals surface area contributed by atoms with Crippen molar-refractivity contribution in [1.82, 2.24) is 0 Å². The van der Waals surface area contributed by atoms with Gasteiger partial charge in [0, 0.05) is 0 Å². The van der Waals surface area contributed by atoms with Gasteiger partial charge in [0.15, 0.2) is 0 Å². The van der Waals surface area contributed by atoms with Crippen LogP contribution in [0, 0.1) is 0 Å². The van der Waals surface area contributed by atoms with Gasteiger partial charge in [-0.05, 0) is 37.3 Å². The standard InChI is InChI=1S/C17H17Cl2NO5S/c1-3-25-17(21)11-20(15-7-5-4-6-13(15)18)26(22,23)12-8-9-16(24-2)14(19)10-12/h4-10H,3,11H2,1-2H3. The molecule has 2 aromatic carbocycles. The van der Waals surface area contributed by atoms with Gasteiger partial charge < -0.3 is 9.47 Å². The summed E-state index contributed by atoms with van der Waals surface area (Å²) in [6, 6.07) is 10.3. The second kappa shape index (κ2) is 8.62. The lowest BCUT2D eigenvalue weighted by molar-refractivity contribution is -0.141. The maximum Gasteiger partial charge on any atom is 0.326 e. The average Bonchev–Trinajstić information content (AvgIpc) is 2.60. The van der Waals surface area contributed by atoms with Gasteiger partial charge in [0.25, 0.3) is 10.0 Å². The molecule has 0 spiro atoms. The molecule has 0 aliphatic heterocycles. The molecule has 6 nitrogen and oxygen atoms in total. The van der Waals surface area contributed by atoms with Crippen molar-refractivity contribution in [3.8, 4) is 5.75 Å². The number of halogens is 2. The molecule has 0 heterocycles. The molecule has 0 saturated carbocycles. The molecule has 0 aliphatic rings. The minimum atomic E-state index is -4.13. The predicted molar refractivity (Wildman–Crippen MR) is 101 cm³/mol. The van der Waals surface area contributed by atoms with Crippen LogP contribution in [0.15, 0.2) is 47.4 Å². The van der Waals surface area contributed by atoms with Gasteiger partial charge in [0.1, 0.15) is 12.3 Å². The Kier molecular flexibility index (Phi) is 6.75. The van der Waals surface area contributed by atoms with Gasteiger partial charge in [0.2, 0.25) is 0 Å². The van der Waals surface area contributed by atoms with E-state index in [1.54, 1.807) is 19.1 Å². The van der Waals surface area contributed by atoms with Crippen LogP contribution in [0.25, 0.3) is 0 Å². The molecule has 9 heteroatoms. The summed E-state index contributed by atoms with van der Waals surface area (Å²) in [4.78, 5) is 11.9. The molecule has 0 atom stereocenters. The fraction of sp³-hybridized carbons (Fsp3) is 0.235. The van der Waals surface area contributed by atoms with E-state index >= 15 is 0 Å². The number of esters is 1. The summed E-state index contributed by atoms with van der Waals surface area (Å²) in [6.45, 7) is 1.24. The number of nitrogens with zero attached hydrogens (tertiary/aromatic N) is 1. The van der Waals surface area contributed by atoms with E-state index in [9.17, 15) is 13.2 Å². The quantitative estimate of drug-likeness (QED) is 0.641. The van der Waals surface area contributed by atoms with E-state index in [4.69, 9.17) is 32.7 Å². The normalized spacial score (nSPS) is 11.1. The smallest absolute Gasteiger partial charge is 0.326 e. The first kappa shape index (κ1) is 20.4. The van der Waals surface area contributed by atoms with E-state index in [1.807, 2.05) is 0 Å². The maximum absolute atomic E-state index is 13.1. The third-order valence-corrected chi connectivity index (χ3v) is 5.78. The summed E-state index contributed by atoms with van der Waals surface area (Å²) in [7, 11) is -2.71. The minimum Gasteiger partial charge on any atom is -0.495 e. The zero-order chi connectivity index (χ0) is 19.3. The number of hydrogen-bond donors (Lipinski definition) is 0. The molecule has 2 rings (SSSR count). The van der Waals surface area contributed by atoms with Crippen LogP contribution in [0.5, 0.6) is 5.75 Å². The van der Waals surface area contributed by atoms with E-state index in [0.717, 1.165) is 4.31 Å². The van der Waals surface area contributed by atoms with E-state index in [-0.39, 0.29) is 27.2 Å². The van der Waals surface area contributed by atoms with Gasteiger partial charge in [0.05, 0.1) is 34.3 Å². The van der Waals surface area contributed by atoms with Crippen LogP contribution in [0.2, 0.25) is 10.0 Å². The van der Waals surface area contributed by atoms with Crippen LogP contribution in [0.3, 0.4) is 0 Å². The molecule has 2 aromatic rings. The van der Waals surface area contributed by atoms with Crippen LogP contribution in [-0.4, -0.2) is 34.6 Å². The van der Waals surface area contributed by atoms with Crippen molar-refractivity contribution in [2.24, 2.45) is 0 Å². The van der Waals surface area contributed by atoms with Crippen molar-refractivity contribution in [2.45, 2.75) is 11.8 Å². The Labute approximate surface area is 162 Å². The van der Waals surface area contributed by atoms with Crippen molar-refractivity contribution in [3.63, 3.8) is 0 Å². The van der Waals surface area contributed by atoms with Gasteiger partial charge in [-0.25, -0.2) is 8.42 Å². The van der Waals surface area contributed by atoms with Crippen LogP contribution < -0.4 is 9.04 Å². The molecular weight excluding hydrogens is 401 g/mol. The number of benzene rings is 2. The highest BCUT2D eigenvalue weighted by molar-refractivity contribution is 7.92. The van der Waals surface area contributed by atoms with Crippen LogP contribution in [0.1, 0.15) is 6.92 Å². The first-order valence-corrected chi connectivity index (χ1v) is 9.77. The molecule has 26 heavy (non-hydrogen) atoms. The van der Waals surface area contributed by atoms with Gasteiger partial charge in [-0.1, -0.05) is 35.3 Å². The highest BCUT2D eigenvalue weighted by Gasteiger charge is 2.29. The number of carbonyl (C=O) groups is 1. The molecule has 0 unspecified atom stereocenters. The van der Waals surface area contributed by atoms with Crippen molar-refractivity contribution in [3.05, 3.63) is 52.5 Å². The molecule has 0 aliphatic carbocycles. The molecule has 0 amide bonds. The third kappa shape index (κ3) is 4.41. The molecule has 0 radical (unpaired) electrons. The fourth-order valence-corrected chi connectivity index (χ4v) is 4.28. The summed E-state index contributed by atoms with van der Waals surface area (Å²) in [5, 5.41) is 0.309. The third-order valence-electron chi connectivity index (χ3n) is 3.41. The minimum absolute atomic E-state index is 0.104. The van der Waals surface area contributed by atoms with Crippen LogP contribution in [0.4, 0.5) is 5.69 Å². The lowest BCUT2D eigenvalue weighted by Gasteiger charge is -2.24. The number of hydrogen-bond acceptors (Lipinski definition) is 5. The van der Waals surface area contributed by atoms with Crippen molar-refractivity contribution < 1.29 is 22.7 Å². The zero-order valence-electron chi connectivity index (χ0n) is 14.1. The van der Waals surface area contributed by atoms with Gasteiger partial charge in [-0.3, -0.25) is 9.10 Å². The van der Waals surface area contributed by atoms with E-state index in [1.165, 1.54) is 37.4 Å². The molecule has 0 N–H and O–H groups in total. The van der Waals surface area contributed by atoms with E-state index < -0.39 is 22.5 Å². The van der Waals surface area contributed by atoms with E-state index in [2.05, 4.69) is 0 Å². The Morgan fingerprint density at radius 2 is 1.81 bits per heavy atom. The molecule has 0 fully saturated rings. The van der Waals surface area contributed by atoms with E-state index in [0.29, 0.717) is 5.75 Å². The molecule has 140 valence electrons. The Hall–Kier alpha value is -1.96. The topological polar surface area (TPSA) is 72.9 Å². The Balaban J connectivity index is 2.54. The predicted octanol–water partition coefficient (Wildman–Crippen LogP) is 3.76.